The maximum atomic E-state index is 12.6. The molecule has 3 amide bonds. The molecule has 2 aromatic rings. The van der Waals surface area contributed by atoms with Crippen molar-refractivity contribution in [2.75, 3.05) is 36.3 Å². The van der Waals surface area contributed by atoms with Crippen LogP contribution in [0, 0.1) is 5.41 Å². The molecule has 2 N–H and O–H groups in total. The molecular formula is C20H23N3O4. The number of nitrogens with zero attached hydrogens (tertiary/aromatic N) is 1. The largest absolute Gasteiger partial charge is 0.497 e. The third-order valence-corrected chi connectivity index (χ3v) is 4.38. The number of ether oxygens (including phenoxy) is 2. The molecule has 0 fully saturated rings. The van der Waals surface area contributed by atoms with Crippen molar-refractivity contribution in [3.63, 3.8) is 0 Å². The molecule has 2 aromatic carbocycles. The van der Waals surface area contributed by atoms with Gasteiger partial charge in [-0.1, -0.05) is 6.07 Å². The fraction of sp³-hybridized carbons (Fsp3) is 0.300. The predicted molar refractivity (Wildman–Crippen MR) is 105 cm³/mol. The first-order chi connectivity index (χ1) is 12.8. The van der Waals surface area contributed by atoms with E-state index < -0.39 is 11.4 Å². The van der Waals surface area contributed by atoms with Crippen molar-refractivity contribution in [3.05, 3.63) is 42.5 Å². The molecule has 7 heteroatoms. The number of hydrogen-bond donors (Lipinski definition) is 2. The summed E-state index contributed by atoms with van der Waals surface area (Å²) in [6.07, 6.45) is 0. The van der Waals surface area contributed by atoms with Crippen LogP contribution in [0.4, 0.5) is 21.9 Å². The van der Waals surface area contributed by atoms with Gasteiger partial charge in [-0.3, -0.25) is 4.79 Å². The molecule has 0 saturated carbocycles. The lowest BCUT2D eigenvalue weighted by atomic mass is 9.93. The number of hydrogen-bond acceptors (Lipinski definition) is 4. The van der Waals surface area contributed by atoms with Crippen molar-refractivity contribution < 1.29 is 19.1 Å². The molecule has 0 saturated heterocycles. The number of carbonyl (C=O) groups excluding carboxylic acids is 2. The molecular weight excluding hydrogens is 346 g/mol. The summed E-state index contributed by atoms with van der Waals surface area (Å²) in [7, 11) is 3.27. The Kier molecular flexibility index (Phi) is 4.94. The lowest BCUT2D eigenvalue weighted by Gasteiger charge is -2.24. The topological polar surface area (TPSA) is 79.9 Å². The molecule has 27 heavy (non-hydrogen) atoms. The highest BCUT2D eigenvalue weighted by Gasteiger charge is 2.36. The third-order valence-electron chi connectivity index (χ3n) is 4.38. The smallest absolute Gasteiger partial charge is 0.323 e. The van der Waals surface area contributed by atoms with E-state index in [4.69, 9.17) is 9.47 Å². The van der Waals surface area contributed by atoms with Gasteiger partial charge in [0.2, 0.25) is 5.91 Å². The van der Waals surface area contributed by atoms with Crippen LogP contribution in [0.1, 0.15) is 13.8 Å². The first kappa shape index (κ1) is 18.6. The molecule has 0 radical (unpaired) electrons. The number of carbonyl (C=O) groups is 2. The maximum absolute atomic E-state index is 12.6. The zero-order valence-electron chi connectivity index (χ0n) is 15.8. The van der Waals surface area contributed by atoms with Gasteiger partial charge in [0.15, 0.2) is 0 Å². The second-order valence-electron chi connectivity index (χ2n) is 7.03. The lowest BCUT2D eigenvalue weighted by molar-refractivity contribution is -0.127. The van der Waals surface area contributed by atoms with E-state index in [1.54, 1.807) is 61.5 Å². The third kappa shape index (κ3) is 3.97. The predicted octanol–water partition coefficient (Wildman–Crippen LogP) is 3.72. The summed E-state index contributed by atoms with van der Waals surface area (Å²) in [5.41, 5.74) is 1.16. The number of benzene rings is 2. The van der Waals surface area contributed by atoms with Gasteiger partial charge in [0.05, 0.1) is 18.2 Å². The van der Waals surface area contributed by atoms with Gasteiger partial charge < -0.3 is 25.0 Å². The summed E-state index contributed by atoms with van der Waals surface area (Å²) in [6, 6.07) is 11.9. The Morgan fingerprint density at radius 3 is 2.56 bits per heavy atom. The van der Waals surface area contributed by atoms with Crippen molar-refractivity contribution in [3.8, 4) is 11.5 Å². The molecule has 1 heterocycles. The fourth-order valence-corrected chi connectivity index (χ4v) is 2.86. The molecule has 0 aromatic heterocycles. The number of anilines is 3. The van der Waals surface area contributed by atoms with E-state index in [2.05, 4.69) is 10.6 Å². The minimum atomic E-state index is -0.620. The van der Waals surface area contributed by atoms with Crippen LogP contribution < -0.4 is 25.0 Å². The summed E-state index contributed by atoms with van der Waals surface area (Å²) in [4.78, 5) is 26.5. The van der Waals surface area contributed by atoms with Crippen molar-refractivity contribution >= 4 is 29.0 Å². The Morgan fingerprint density at radius 2 is 1.85 bits per heavy atom. The summed E-state index contributed by atoms with van der Waals surface area (Å²) < 4.78 is 10.9. The highest BCUT2D eigenvalue weighted by Crippen LogP contribution is 2.37. The molecule has 7 nitrogen and oxygen atoms in total. The van der Waals surface area contributed by atoms with Gasteiger partial charge in [-0.25, -0.2) is 4.79 Å². The van der Waals surface area contributed by atoms with Gasteiger partial charge in [0, 0.05) is 24.5 Å². The average Bonchev–Trinajstić information content (AvgIpc) is 2.72. The molecule has 142 valence electrons. The molecule has 1 aliphatic rings. The highest BCUT2D eigenvalue weighted by atomic mass is 16.5. The number of amides is 3. The monoisotopic (exact) mass is 369 g/mol. The molecule has 0 atom stereocenters. The van der Waals surface area contributed by atoms with Crippen LogP contribution in [-0.4, -0.2) is 32.7 Å². The number of rotatable bonds is 3. The van der Waals surface area contributed by atoms with E-state index in [9.17, 15) is 9.59 Å². The summed E-state index contributed by atoms with van der Waals surface area (Å²) in [5.74, 6) is 1.21. The molecule has 1 aliphatic heterocycles. The van der Waals surface area contributed by atoms with Gasteiger partial charge in [-0.15, -0.1) is 0 Å². The quantitative estimate of drug-likeness (QED) is 0.864. The Bertz CT molecular complexity index is 879. The van der Waals surface area contributed by atoms with Crippen LogP contribution in [-0.2, 0) is 4.79 Å². The highest BCUT2D eigenvalue weighted by molar-refractivity contribution is 6.02. The van der Waals surface area contributed by atoms with Crippen LogP contribution in [0.3, 0.4) is 0 Å². The number of fused-ring (bicyclic) bond motifs is 1. The molecule has 3 rings (SSSR count). The van der Waals surface area contributed by atoms with E-state index in [-0.39, 0.29) is 5.91 Å². The van der Waals surface area contributed by atoms with Crippen LogP contribution in [0.25, 0.3) is 0 Å². The van der Waals surface area contributed by atoms with Crippen LogP contribution in [0.15, 0.2) is 42.5 Å². The van der Waals surface area contributed by atoms with Crippen molar-refractivity contribution in [1.82, 2.24) is 0 Å². The van der Waals surface area contributed by atoms with E-state index >= 15 is 0 Å². The number of nitrogens with one attached hydrogen (secondary N) is 2. The van der Waals surface area contributed by atoms with Crippen molar-refractivity contribution in [2.45, 2.75) is 13.8 Å². The Labute approximate surface area is 158 Å². The van der Waals surface area contributed by atoms with E-state index in [0.717, 1.165) is 0 Å². The van der Waals surface area contributed by atoms with Crippen molar-refractivity contribution in [2.24, 2.45) is 5.41 Å². The summed E-state index contributed by atoms with van der Waals surface area (Å²) in [6.45, 7) is 3.99. The Hall–Kier alpha value is -3.22. The second-order valence-corrected chi connectivity index (χ2v) is 7.03. The van der Waals surface area contributed by atoms with Gasteiger partial charge in [0.1, 0.15) is 18.1 Å². The van der Waals surface area contributed by atoms with E-state index in [1.165, 1.54) is 0 Å². The van der Waals surface area contributed by atoms with Gasteiger partial charge in [0.25, 0.3) is 0 Å². The Morgan fingerprint density at radius 1 is 1.15 bits per heavy atom. The van der Waals surface area contributed by atoms with Gasteiger partial charge >= 0.3 is 6.03 Å². The Balaban J connectivity index is 1.76. The first-order valence-electron chi connectivity index (χ1n) is 8.57. The van der Waals surface area contributed by atoms with Gasteiger partial charge in [-0.05, 0) is 44.2 Å². The average molecular weight is 369 g/mol. The molecule has 0 aliphatic carbocycles. The van der Waals surface area contributed by atoms with Crippen molar-refractivity contribution in [1.29, 1.82) is 0 Å². The number of methoxy groups -OCH3 is 1. The number of urea groups is 1. The lowest BCUT2D eigenvalue weighted by Crippen LogP contribution is -2.39. The summed E-state index contributed by atoms with van der Waals surface area (Å²) in [5, 5.41) is 5.52. The fourth-order valence-electron chi connectivity index (χ4n) is 2.86. The van der Waals surface area contributed by atoms with E-state index in [1.807, 2.05) is 13.8 Å². The summed E-state index contributed by atoms with van der Waals surface area (Å²) >= 11 is 0. The second kappa shape index (κ2) is 7.19. The zero-order valence-corrected chi connectivity index (χ0v) is 15.8. The van der Waals surface area contributed by atoms with Crippen LogP contribution in [0.2, 0.25) is 0 Å². The first-order valence-corrected chi connectivity index (χ1v) is 8.57. The minimum Gasteiger partial charge on any atom is -0.497 e. The van der Waals surface area contributed by atoms with Crippen LogP contribution in [0.5, 0.6) is 11.5 Å². The normalized spacial score (nSPS) is 15.3. The SMILES string of the molecule is COc1cccc(NC(=O)Nc2ccc3c(c2)N(C)C(=O)C(C)(C)CO3)c1. The van der Waals surface area contributed by atoms with Crippen LogP contribution >= 0.6 is 0 Å². The standard InChI is InChI=1S/C20H23N3O4/c1-20(2)12-27-17-9-8-14(11-16(17)23(3)18(20)24)22-19(25)21-13-6-5-7-15(10-13)26-4/h5-11H,12H2,1-4H3,(H2,21,22,25). The van der Waals surface area contributed by atoms with E-state index in [0.29, 0.717) is 35.2 Å². The molecule has 0 unspecified atom stereocenters. The molecule has 0 bridgehead atoms. The zero-order chi connectivity index (χ0) is 19.6. The minimum absolute atomic E-state index is 0.0424. The molecule has 0 spiro atoms. The van der Waals surface area contributed by atoms with Gasteiger partial charge in [-0.2, -0.15) is 0 Å². The maximum Gasteiger partial charge on any atom is 0.323 e.